The van der Waals surface area contributed by atoms with E-state index in [1.54, 1.807) is 13.2 Å². The second-order valence-corrected chi connectivity index (χ2v) is 10.2. The highest BCUT2D eigenvalue weighted by atomic mass is 35.5. The summed E-state index contributed by atoms with van der Waals surface area (Å²) < 4.78 is 5.48. The van der Waals surface area contributed by atoms with E-state index in [9.17, 15) is 9.59 Å². The molecule has 2 fully saturated rings. The molecule has 1 atom stereocenters. The molecular weight excluding hydrogens is 500 g/mol. The molecule has 1 aromatic heterocycles. The van der Waals surface area contributed by atoms with Crippen LogP contribution in [-0.2, 0) is 9.59 Å². The summed E-state index contributed by atoms with van der Waals surface area (Å²) >= 11 is 7.61. The van der Waals surface area contributed by atoms with Gasteiger partial charge in [0.25, 0.3) is 0 Å². The number of aromatic nitrogens is 2. The smallest absolute Gasteiger partial charge is 0.233 e. The Labute approximate surface area is 221 Å². The van der Waals surface area contributed by atoms with Crippen molar-refractivity contribution in [1.29, 1.82) is 0 Å². The van der Waals surface area contributed by atoms with Crippen LogP contribution in [-0.4, -0.2) is 96.3 Å². The molecule has 1 aromatic carbocycles. The van der Waals surface area contributed by atoms with Crippen LogP contribution in [0.5, 0.6) is 5.75 Å². The van der Waals surface area contributed by atoms with Crippen molar-refractivity contribution in [3.63, 3.8) is 0 Å². The lowest BCUT2D eigenvalue weighted by atomic mass is 10.1. The minimum atomic E-state index is 0.0603. The van der Waals surface area contributed by atoms with Gasteiger partial charge in [-0.15, -0.1) is 0 Å². The summed E-state index contributed by atoms with van der Waals surface area (Å²) in [6.07, 6.45) is 0.508. The lowest BCUT2D eigenvalue weighted by Crippen LogP contribution is -2.54. The maximum Gasteiger partial charge on any atom is 0.233 e. The molecule has 2 aliphatic rings. The fraction of sp³-hybridized carbons (Fsp3) is 0.520. The van der Waals surface area contributed by atoms with Gasteiger partial charge in [-0.1, -0.05) is 42.4 Å². The number of rotatable bonds is 7. The SMILES string of the molecule is CCC(=O)N1CCN(c2cc(Cl)nc(SCC(=O)N3CCN(c4ccccc4OC)CC3)n2)CC1C. The zero-order valence-corrected chi connectivity index (χ0v) is 22.6. The summed E-state index contributed by atoms with van der Waals surface area (Å²) in [4.78, 5) is 42.2. The maximum atomic E-state index is 12.9. The molecule has 3 heterocycles. The lowest BCUT2D eigenvalue weighted by Gasteiger charge is -2.40. The normalized spacial score (nSPS) is 18.4. The van der Waals surface area contributed by atoms with Gasteiger partial charge in [-0.2, -0.15) is 0 Å². The molecule has 11 heteroatoms. The fourth-order valence-electron chi connectivity index (χ4n) is 4.66. The van der Waals surface area contributed by atoms with Gasteiger partial charge >= 0.3 is 0 Å². The Kier molecular flexibility index (Phi) is 8.79. The number of para-hydroxylation sites is 2. The van der Waals surface area contributed by atoms with Gasteiger partial charge in [0.1, 0.15) is 16.7 Å². The Morgan fingerprint density at radius 1 is 1.06 bits per heavy atom. The molecule has 4 rings (SSSR count). The molecular formula is C25H33ClN6O3S. The van der Waals surface area contributed by atoms with Crippen molar-refractivity contribution < 1.29 is 14.3 Å². The number of halogens is 1. The van der Waals surface area contributed by atoms with Crippen LogP contribution in [0, 0.1) is 0 Å². The van der Waals surface area contributed by atoms with Crippen LogP contribution in [0.1, 0.15) is 20.3 Å². The van der Waals surface area contributed by atoms with Crippen LogP contribution < -0.4 is 14.5 Å². The first kappa shape index (κ1) is 26.3. The molecule has 2 aliphatic heterocycles. The largest absolute Gasteiger partial charge is 0.495 e. The zero-order valence-electron chi connectivity index (χ0n) is 21.0. The summed E-state index contributed by atoms with van der Waals surface area (Å²) in [6, 6.07) is 9.78. The van der Waals surface area contributed by atoms with Crippen LogP contribution in [0.4, 0.5) is 11.5 Å². The van der Waals surface area contributed by atoms with E-state index in [0.717, 1.165) is 30.3 Å². The fourth-order valence-corrected chi connectivity index (χ4v) is 5.64. The van der Waals surface area contributed by atoms with E-state index >= 15 is 0 Å². The Bertz CT molecular complexity index is 1080. The number of anilines is 2. The number of amides is 2. The van der Waals surface area contributed by atoms with E-state index < -0.39 is 0 Å². The van der Waals surface area contributed by atoms with Crippen molar-refractivity contribution >= 4 is 46.7 Å². The second kappa shape index (κ2) is 12.0. The quantitative estimate of drug-likeness (QED) is 0.306. The van der Waals surface area contributed by atoms with Gasteiger partial charge in [-0.3, -0.25) is 9.59 Å². The summed E-state index contributed by atoms with van der Waals surface area (Å²) in [5, 5.41) is 0.832. The van der Waals surface area contributed by atoms with Crippen LogP contribution in [0.25, 0.3) is 0 Å². The lowest BCUT2D eigenvalue weighted by molar-refractivity contribution is -0.133. The first-order chi connectivity index (χ1) is 17.4. The Morgan fingerprint density at radius 2 is 1.78 bits per heavy atom. The van der Waals surface area contributed by atoms with Crippen LogP contribution in [0.15, 0.2) is 35.5 Å². The van der Waals surface area contributed by atoms with Crippen LogP contribution in [0.2, 0.25) is 5.15 Å². The summed E-state index contributed by atoms with van der Waals surface area (Å²) in [7, 11) is 1.67. The summed E-state index contributed by atoms with van der Waals surface area (Å²) in [5.74, 6) is 2.05. The molecule has 2 aromatic rings. The van der Waals surface area contributed by atoms with E-state index in [1.807, 2.05) is 47.9 Å². The molecule has 0 bridgehead atoms. The third kappa shape index (κ3) is 6.15. The molecule has 1 unspecified atom stereocenters. The average Bonchev–Trinajstić information content (AvgIpc) is 2.91. The molecule has 2 amide bonds. The van der Waals surface area contributed by atoms with Crippen LogP contribution >= 0.6 is 23.4 Å². The minimum absolute atomic E-state index is 0.0603. The molecule has 0 aliphatic carbocycles. The van der Waals surface area contributed by atoms with Crippen molar-refractivity contribution in [3.8, 4) is 5.75 Å². The summed E-state index contributed by atoms with van der Waals surface area (Å²) in [5.41, 5.74) is 1.05. The van der Waals surface area contributed by atoms with Gasteiger partial charge in [0.2, 0.25) is 11.8 Å². The van der Waals surface area contributed by atoms with E-state index in [2.05, 4.69) is 19.8 Å². The van der Waals surface area contributed by atoms with Gasteiger partial charge in [0.05, 0.1) is 18.6 Å². The van der Waals surface area contributed by atoms with E-state index in [0.29, 0.717) is 49.5 Å². The first-order valence-corrected chi connectivity index (χ1v) is 13.6. The molecule has 9 nitrogen and oxygen atoms in total. The Balaban J connectivity index is 1.31. The average molecular weight is 533 g/mol. The van der Waals surface area contributed by atoms with Crippen molar-refractivity contribution in [3.05, 3.63) is 35.5 Å². The Morgan fingerprint density at radius 3 is 2.47 bits per heavy atom. The molecule has 0 saturated carbocycles. The predicted molar refractivity (Wildman–Crippen MR) is 143 cm³/mol. The number of methoxy groups -OCH3 is 1. The van der Waals surface area contributed by atoms with Crippen molar-refractivity contribution in [2.24, 2.45) is 0 Å². The number of hydrogen-bond acceptors (Lipinski definition) is 8. The van der Waals surface area contributed by atoms with Crippen molar-refractivity contribution in [1.82, 2.24) is 19.8 Å². The van der Waals surface area contributed by atoms with Gasteiger partial charge in [0.15, 0.2) is 5.16 Å². The van der Waals surface area contributed by atoms with E-state index in [-0.39, 0.29) is 23.6 Å². The second-order valence-electron chi connectivity index (χ2n) is 8.90. The highest BCUT2D eigenvalue weighted by Crippen LogP contribution is 2.29. The zero-order chi connectivity index (χ0) is 25.7. The Hall–Kier alpha value is -2.72. The third-order valence-corrected chi connectivity index (χ3v) is 7.64. The first-order valence-electron chi connectivity index (χ1n) is 12.3. The highest BCUT2D eigenvalue weighted by Gasteiger charge is 2.28. The molecule has 194 valence electrons. The van der Waals surface area contributed by atoms with Crippen LogP contribution in [0.3, 0.4) is 0 Å². The molecule has 0 N–H and O–H groups in total. The minimum Gasteiger partial charge on any atom is -0.495 e. The number of nitrogens with zero attached hydrogens (tertiary/aromatic N) is 6. The standard InChI is InChI=1S/C25H33ClN6O3S/c1-4-23(33)32-14-13-31(16-18(32)2)22-15-21(26)27-25(28-22)36-17-24(34)30-11-9-29(10-12-30)19-7-5-6-8-20(19)35-3/h5-8,15,18H,4,9-14,16-17H2,1-3H3. The number of benzene rings is 1. The van der Waals surface area contributed by atoms with E-state index in [1.165, 1.54) is 11.8 Å². The van der Waals surface area contributed by atoms with Gasteiger partial charge in [-0.25, -0.2) is 9.97 Å². The molecule has 2 saturated heterocycles. The molecule has 36 heavy (non-hydrogen) atoms. The van der Waals surface area contributed by atoms with Gasteiger partial charge < -0.3 is 24.3 Å². The number of thioether (sulfide) groups is 1. The third-order valence-electron chi connectivity index (χ3n) is 6.62. The number of carbonyl (C=O) groups excluding carboxylic acids is 2. The van der Waals surface area contributed by atoms with Gasteiger partial charge in [0, 0.05) is 64.3 Å². The highest BCUT2D eigenvalue weighted by molar-refractivity contribution is 7.99. The number of ether oxygens (including phenoxy) is 1. The monoisotopic (exact) mass is 532 g/mol. The van der Waals surface area contributed by atoms with Gasteiger partial charge in [-0.05, 0) is 19.1 Å². The van der Waals surface area contributed by atoms with Crippen molar-refractivity contribution in [2.45, 2.75) is 31.5 Å². The maximum absolute atomic E-state index is 12.9. The topological polar surface area (TPSA) is 82.1 Å². The number of piperazine rings is 2. The van der Waals surface area contributed by atoms with Crippen molar-refractivity contribution in [2.75, 3.05) is 68.5 Å². The summed E-state index contributed by atoms with van der Waals surface area (Å²) in [6.45, 7) is 8.74. The molecule has 0 radical (unpaired) electrons. The van der Waals surface area contributed by atoms with E-state index in [4.69, 9.17) is 16.3 Å². The molecule has 0 spiro atoms. The predicted octanol–water partition coefficient (Wildman–Crippen LogP) is 3.03. The number of hydrogen-bond donors (Lipinski definition) is 0. The number of carbonyl (C=O) groups is 2.